The van der Waals surface area contributed by atoms with Gasteiger partial charge in [0, 0.05) is 13.5 Å². The lowest BCUT2D eigenvalue weighted by atomic mass is 10.1. The predicted octanol–water partition coefficient (Wildman–Crippen LogP) is 0.320. The lowest BCUT2D eigenvalue weighted by Crippen LogP contribution is -2.43. The van der Waals surface area contributed by atoms with Gasteiger partial charge in [0.25, 0.3) is 0 Å². The Morgan fingerprint density at radius 2 is 2.00 bits per heavy atom. The molecule has 0 radical (unpaired) electrons. The van der Waals surface area contributed by atoms with Crippen molar-refractivity contribution in [3.05, 3.63) is 35.4 Å². The van der Waals surface area contributed by atoms with Crippen molar-refractivity contribution in [1.29, 1.82) is 0 Å². The van der Waals surface area contributed by atoms with Gasteiger partial charge < -0.3 is 15.7 Å². The van der Waals surface area contributed by atoms with E-state index in [2.05, 4.69) is 10.6 Å². The van der Waals surface area contributed by atoms with Crippen molar-refractivity contribution < 1.29 is 14.7 Å². The second-order valence-electron chi connectivity index (χ2n) is 4.12. The van der Waals surface area contributed by atoms with Crippen LogP contribution in [0, 0.1) is 0 Å². The molecule has 0 bridgehead atoms. The largest absolute Gasteiger partial charge is 0.392 e. The maximum Gasteiger partial charge on any atom is 0.242 e. The van der Waals surface area contributed by atoms with Crippen molar-refractivity contribution >= 4 is 11.8 Å². The van der Waals surface area contributed by atoms with Crippen LogP contribution in [0.25, 0.3) is 0 Å². The van der Waals surface area contributed by atoms with Crippen molar-refractivity contribution in [3.8, 4) is 0 Å². The molecule has 0 unspecified atom stereocenters. The third-order valence-corrected chi connectivity index (χ3v) is 2.45. The van der Waals surface area contributed by atoms with Crippen molar-refractivity contribution in [2.75, 3.05) is 0 Å². The summed E-state index contributed by atoms with van der Waals surface area (Å²) in [4.78, 5) is 22.4. The van der Waals surface area contributed by atoms with Crippen LogP contribution in [0.4, 0.5) is 0 Å². The van der Waals surface area contributed by atoms with E-state index in [0.29, 0.717) is 6.54 Å². The molecule has 0 saturated carbocycles. The van der Waals surface area contributed by atoms with Crippen LogP contribution in [-0.2, 0) is 22.7 Å². The topological polar surface area (TPSA) is 78.4 Å². The van der Waals surface area contributed by atoms with E-state index in [0.717, 1.165) is 11.1 Å². The first-order chi connectivity index (χ1) is 8.52. The quantitative estimate of drug-likeness (QED) is 0.704. The fourth-order valence-electron chi connectivity index (χ4n) is 1.55. The van der Waals surface area contributed by atoms with Gasteiger partial charge >= 0.3 is 0 Å². The summed E-state index contributed by atoms with van der Waals surface area (Å²) in [6.45, 7) is 3.34. The number of carbonyl (C=O) groups excluding carboxylic acids is 2. The highest BCUT2D eigenvalue weighted by atomic mass is 16.3. The van der Waals surface area contributed by atoms with Gasteiger partial charge in [-0.25, -0.2) is 0 Å². The van der Waals surface area contributed by atoms with E-state index < -0.39 is 6.04 Å². The van der Waals surface area contributed by atoms with Crippen molar-refractivity contribution in [3.63, 3.8) is 0 Å². The second-order valence-corrected chi connectivity index (χ2v) is 4.12. The van der Waals surface area contributed by atoms with E-state index >= 15 is 0 Å². The van der Waals surface area contributed by atoms with Gasteiger partial charge in [-0.05, 0) is 18.1 Å². The van der Waals surface area contributed by atoms with Gasteiger partial charge in [-0.2, -0.15) is 0 Å². The number of aliphatic hydroxyl groups excluding tert-OH is 1. The number of nitrogens with one attached hydrogen (secondary N) is 2. The van der Waals surface area contributed by atoms with Crippen molar-refractivity contribution in [1.82, 2.24) is 10.6 Å². The zero-order valence-corrected chi connectivity index (χ0v) is 10.6. The number of amides is 2. The SMILES string of the molecule is CC(=O)N[C@H](C)C(=O)NCc1cccc(CO)c1. The Kier molecular flexibility index (Phi) is 5.32. The van der Waals surface area contributed by atoms with Crippen LogP contribution in [0.3, 0.4) is 0 Å². The Morgan fingerprint density at radius 3 is 2.61 bits per heavy atom. The van der Waals surface area contributed by atoms with Gasteiger partial charge in [0.15, 0.2) is 0 Å². The highest BCUT2D eigenvalue weighted by molar-refractivity contribution is 5.86. The Hall–Kier alpha value is -1.88. The van der Waals surface area contributed by atoms with Gasteiger partial charge in [0.2, 0.25) is 11.8 Å². The highest BCUT2D eigenvalue weighted by Gasteiger charge is 2.12. The maximum atomic E-state index is 11.6. The normalized spacial score (nSPS) is 11.7. The third-order valence-electron chi connectivity index (χ3n) is 2.45. The second kappa shape index (κ2) is 6.76. The summed E-state index contributed by atoms with van der Waals surface area (Å²) in [5.74, 6) is -0.473. The molecule has 98 valence electrons. The third kappa shape index (κ3) is 4.55. The monoisotopic (exact) mass is 250 g/mol. The molecular weight excluding hydrogens is 232 g/mol. The average Bonchev–Trinajstić information content (AvgIpc) is 2.35. The number of rotatable bonds is 5. The van der Waals surface area contributed by atoms with E-state index in [1.807, 2.05) is 24.3 Å². The molecule has 0 aliphatic rings. The summed E-state index contributed by atoms with van der Waals surface area (Å²) in [7, 11) is 0. The van der Waals surface area contributed by atoms with Crippen LogP contribution in [0.15, 0.2) is 24.3 Å². The molecule has 0 saturated heterocycles. The van der Waals surface area contributed by atoms with Crippen LogP contribution < -0.4 is 10.6 Å². The molecule has 0 fully saturated rings. The average molecular weight is 250 g/mol. The zero-order valence-electron chi connectivity index (χ0n) is 10.6. The summed E-state index contributed by atoms with van der Waals surface area (Å²) >= 11 is 0. The standard InChI is InChI=1S/C13H18N2O3/c1-9(15-10(2)17)13(18)14-7-11-4-3-5-12(6-11)8-16/h3-6,9,16H,7-8H2,1-2H3,(H,14,18)(H,15,17)/t9-/m1/s1. The lowest BCUT2D eigenvalue weighted by molar-refractivity contribution is -0.127. The smallest absolute Gasteiger partial charge is 0.242 e. The van der Waals surface area contributed by atoms with E-state index in [-0.39, 0.29) is 18.4 Å². The molecule has 2 amide bonds. The number of hydrogen-bond acceptors (Lipinski definition) is 3. The number of aliphatic hydroxyl groups is 1. The Balaban J connectivity index is 2.49. The fraction of sp³-hybridized carbons (Fsp3) is 0.385. The van der Waals surface area contributed by atoms with Crippen LogP contribution in [0.5, 0.6) is 0 Å². The molecule has 1 aromatic carbocycles. The summed E-state index contributed by atoms with van der Waals surface area (Å²) < 4.78 is 0. The molecule has 3 N–H and O–H groups in total. The molecule has 1 atom stereocenters. The van der Waals surface area contributed by atoms with E-state index in [4.69, 9.17) is 5.11 Å². The molecule has 0 spiro atoms. The van der Waals surface area contributed by atoms with Crippen molar-refractivity contribution in [2.24, 2.45) is 0 Å². The molecular formula is C13H18N2O3. The first kappa shape index (κ1) is 14.2. The zero-order chi connectivity index (χ0) is 13.5. The minimum Gasteiger partial charge on any atom is -0.392 e. The van der Waals surface area contributed by atoms with Gasteiger partial charge in [-0.3, -0.25) is 9.59 Å². The Labute approximate surface area is 106 Å². The Morgan fingerprint density at radius 1 is 1.33 bits per heavy atom. The summed E-state index contributed by atoms with van der Waals surface area (Å²) in [6, 6.07) is 6.77. The molecule has 5 heteroatoms. The molecule has 1 rings (SSSR count). The highest BCUT2D eigenvalue weighted by Crippen LogP contribution is 2.04. The number of benzene rings is 1. The summed E-state index contributed by atoms with van der Waals surface area (Å²) in [6.07, 6.45) is 0. The van der Waals surface area contributed by atoms with E-state index in [9.17, 15) is 9.59 Å². The predicted molar refractivity (Wildman–Crippen MR) is 67.5 cm³/mol. The van der Waals surface area contributed by atoms with Crippen LogP contribution in [-0.4, -0.2) is 23.0 Å². The fourth-order valence-corrected chi connectivity index (χ4v) is 1.55. The van der Waals surface area contributed by atoms with Gasteiger partial charge in [-0.1, -0.05) is 24.3 Å². The molecule has 5 nitrogen and oxygen atoms in total. The summed E-state index contributed by atoms with van der Waals surface area (Å²) in [5.41, 5.74) is 1.71. The minimum atomic E-state index is -0.552. The van der Waals surface area contributed by atoms with Gasteiger partial charge in [-0.15, -0.1) is 0 Å². The molecule has 1 aromatic rings. The van der Waals surface area contributed by atoms with Gasteiger partial charge in [0.05, 0.1) is 6.61 Å². The first-order valence-corrected chi connectivity index (χ1v) is 5.76. The minimum absolute atomic E-state index is 0.0237. The Bertz CT molecular complexity index is 432. The number of hydrogen-bond donors (Lipinski definition) is 3. The van der Waals surface area contributed by atoms with Crippen LogP contribution in [0.1, 0.15) is 25.0 Å². The molecule has 0 aromatic heterocycles. The van der Waals surface area contributed by atoms with E-state index in [1.165, 1.54) is 6.92 Å². The van der Waals surface area contributed by atoms with Crippen LogP contribution in [0.2, 0.25) is 0 Å². The van der Waals surface area contributed by atoms with E-state index in [1.54, 1.807) is 6.92 Å². The number of carbonyl (C=O) groups is 2. The molecule has 0 heterocycles. The molecule has 0 aliphatic heterocycles. The molecule has 0 aliphatic carbocycles. The molecule has 18 heavy (non-hydrogen) atoms. The first-order valence-electron chi connectivity index (χ1n) is 5.76. The lowest BCUT2D eigenvalue weighted by Gasteiger charge is -2.13. The summed E-state index contributed by atoms with van der Waals surface area (Å²) in [5, 5.41) is 14.2. The maximum absolute atomic E-state index is 11.6. The van der Waals surface area contributed by atoms with Crippen molar-refractivity contribution in [2.45, 2.75) is 33.0 Å². The van der Waals surface area contributed by atoms with Crippen LogP contribution >= 0.6 is 0 Å². The van der Waals surface area contributed by atoms with Gasteiger partial charge in [0.1, 0.15) is 6.04 Å².